The molecule has 0 saturated carbocycles. The molecule has 2 heteroatoms. The van der Waals surface area contributed by atoms with E-state index in [-0.39, 0.29) is 5.78 Å². The number of aromatic nitrogens is 1. The lowest BCUT2D eigenvalue weighted by Gasteiger charge is -2.11. The maximum atomic E-state index is 12.6. The van der Waals surface area contributed by atoms with E-state index in [4.69, 9.17) is 0 Å². The van der Waals surface area contributed by atoms with Gasteiger partial charge in [-0.15, -0.1) is 0 Å². The van der Waals surface area contributed by atoms with Gasteiger partial charge in [-0.2, -0.15) is 0 Å². The highest BCUT2D eigenvalue weighted by Crippen LogP contribution is 2.18. The van der Waals surface area contributed by atoms with Gasteiger partial charge in [-0.3, -0.25) is 4.79 Å². The van der Waals surface area contributed by atoms with Crippen molar-refractivity contribution in [3.63, 3.8) is 0 Å². The summed E-state index contributed by atoms with van der Waals surface area (Å²) < 4.78 is 2.04. The van der Waals surface area contributed by atoms with Crippen LogP contribution in [0, 0.1) is 13.8 Å². The average Bonchev–Trinajstić information content (AvgIpc) is 3.04. The number of hydrogen-bond acceptors (Lipinski definition) is 1. The van der Waals surface area contributed by atoms with Crippen molar-refractivity contribution in [2.24, 2.45) is 0 Å². The Morgan fingerprint density at radius 2 is 1.64 bits per heavy atom. The number of hydrogen-bond donors (Lipinski definition) is 0. The van der Waals surface area contributed by atoms with E-state index in [2.05, 4.69) is 6.92 Å². The molecule has 0 bridgehead atoms. The van der Waals surface area contributed by atoms with Crippen LogP contribution in [0.15, 0.2) is 67.0 Å². The fraction of sp³-hybridized carbons (Fsp3) is 0.150. The van der Waals surface area contributed by atoms with E-state index >= 15 is 0 Å². The summed E-state index contributed by atoms with van der Waals surface area (Å²) in [6.45, 7) is 4.10. The summed E-state index contributed by atoms with van der Waals surface area (Å²) in [6, 6.07) is 17.9. The van der Waals surface area contributed by atoms with Crippen molar-refractivity contribution < 1.29 is 4.79 Å². The van der Waals surface area contributed by atoms with Crippen molar-refractivity contribution >= 4 is 5.78 Å². The molecule has 0 radical (unpaired) electrons. The highest BCUT2D eigenvalue weighted by atomic mass is 16.1. The minimum atomic E-state index is 0.155. The lowest BCUT2D eigenvalue weighted by molar-refractivity contribution is 0.0993. The normalized spacial score (nSPS) is 10.6. The first kappa shape index (κ1) is 14.3. The second-order valence-corrected chi connectivity index (χ2v) is 5.62. The Balaban J connectivity index is 1.90. The van der Waals surface area contributed by atoms with Gasteiger partial charge in [0.2, 0.25) is 0 Å². The number of Topliss-reactive ketones (excluding diaryl/α,β-unsaturated/α-hetero) is 1. The van der Waals surface area contributed by atoms with Crippen LogP contribution >= 0.6 is 0 Å². The number of carbonyl (C=O) groups is 1. The van der Waals surface area contributed by atoms with E-state index < -0.39 is 0 Å². The smallest absolute Gasteiger partial charge is 0.167 e. The van der Waals surface area contributed by atoms with E-state index in [1.54, 1.807) is 0 Å². The molecule has 3 rings (SSSR count). The average molecular weight is 289 g/mol. The first-order chi connectivity index (χ1) is 10.6. The third-order valence-electron chi connectivity index (χ3n) is 4.05. The maximum absolute atomic E-state index is 12.6. The summed E-state index contributed by atoms with van der Waals surface area (Å²) in [5.41, 5.74) is 5.26. The van der Waals surface area contributed by atoms with Gasteiger partial charge in [-0.05, 0) is 54.8 Å². The van der Waals surface area contributed by atoms with Gasteiger partial charge in [-0.1, -0.05) is 30.3 Å². The highest BCUT2D eigenvalue weighted by Gasteiger charge is 2.11. The molecule has 1 aromatic heterocycles. The summed E-state index contributed by atoms with van der Waals surface area (Å²) in [5.74, 6) is 0.155. The Hall–Kier alpha value is -2.61. The third kappa shape index (κ3) is 2.86. The molecule has 0 unspecified atom stereocenters. The number of ketones is 1. The first-order valence-corrected chi connectivity index (χ1v) is 7.47. The van der Waals surface area contributed by atoms with E-state index in [1.165, 1.54) is 5.56 Å². The zero-order valence-corrected chi connectivity index (χ0v) is 12.9. The van der Waals surface area contributed by atoms with Gasteiger partial charge >= 0.3 is 0 Å². The predicted molar refractivity (Wildman–Crippen MR) is 89.7 cm³/mol. The van der Waals surface area contributed by atoms with Gasteiger partial charge in [0.25, 0.3) is 0 Å². The van der Waals surface area contributed by atoms with E-state index in [1.807, 2.05) is 78.5 Å². The lowest BCUT2D eigenvalue weighted by atomic mass is 9.98. The van der Waals surface area contributed by atoms with Crippen LogP contribution in [0.2, 0.25) is 0 Å². The Bertz CT molecular complexity index is 800. The van der Waals surface area contributed by atoms with Crippen molar-refractivity contribution in [1.82, 2.24) is 4.57 Å². The number of nitrogens with zero attached hydrogens (tertiary/aromatic N) is 1. The molecule has 0 N–H and O–H groups in total. The Morgan fingerprint density at radius 3 is 2.36 bits per heavy atom. The number of aryl methyl sites for hydroxylation is 2. The van der Waals surface area contributed by atoms with Crippen molar-refractivity contribution in [3.05, 3.63) is 89.2 Å². The maximum Gasteiger partial charge on any atom is 0.167 e. The van der Waals surface area contributed by atoms with Crippen LogP contribution in [-0.4, -0.2) is 10.4 Å². The van der Waals surface area contributed by atoms with Crippen molar-refractivity contribution in [2.75, 3.05) is 0 Å². The molecule has 0 aliphatic rings. The van der Waals surface area contributed by atoms with Gasteiger partial charge in [-0.25, -0.2) is 0 Å². The highest BCUT2D eigenvalue weighted by molar-refractivity contribution is 5.98. The molecule has 0 saturated heterocycles. The SMILES string of the molecule is Cc1ccc(C(=O)Cc2ccccc2-n2cccc2)cc1C. The van der Waals surface area contributed by atoms with Crippen molar-refractivity contribution in [2.45, 2.75) is 20.3 Å². The van der Waals surface area contributed by atoms with Crippen LogP contribution in [0.3, 0.4) is 0 Å². The zero-order chi connectivity index (χ0) is 15.5. The summed E-state index contributed by atoms with van der Waals surface area (Å²) >= 11 is 0. The molecule has 22 heavy (non-hydrogen) atoms. The largest absolute Gasteiger partial charge is 0.324 e. The number of rotatable bonds is 4. The van der Waals surface area contributed by atoms with E-state index in [0.717, 1.165) is 22.4 Å². The van der Waals surface area contributed by atoms with Crippen LogP contribution in [0.1, 0.15) is 27.0 Å². The van der Waals surface area contributed by atoms with E-state index in [9.17, 15) is 4.79 Å². The molecule has 0 aliphatic carbocycles. The molecule has 3 aromatic rings. The molecule has 0 spiro atoms. The second kappa shape index (κ2) is 6.02. The fourth-order valence-corrected chi connectivity index (χ4v) is 2.60. The first-order valence-electron chi connectivity index (χ1n) is 7.47. The minimum Gasteiger partial charge on any atom is -0.324 e. The monoisotopic (exact) mass is 289 g/mol. The molecule has 110 valence electrons. The molecule has 0 atom stereocenters. The van der Waals surface area contributed by atoms with Crippen LogP contribution in [0.25, 0.3) is 5.69 Å². The Labute approximate surface area is 131 Å². The third-order valence-corrected chi connectivity index (χ3v) is 4.05. The van der Waals surface area contributed by atoms with Crippen molar-refractivity contribution in [3.8, 4) is 5.69 Å². The number of benzene rings is 2. The van der Waals surface area contributed by atoms with Gasteiger partial charge in [0.15, 0.2) is 5.78 Å². The number of para-hydroxylation sites is 1. The topological polar surface area (TPSA) is 22.0 Å². The quantitative estimate of drug-likeness (QED) is 0.647. The number of carbonyl (C=O) groups excluding carboxylic acids is 1. The zero-order valence-electron chi connectivity index (χ0n) is 12.9. The molecular formula is C20H19NO. The minimum absolute atomic E-state index is 0.155. The van der Waals surface area contributed by atoms with Gasteiger partial charge in [0, 0.05) is 30.1 Å². The molecule has 0 fully saturated rings. The van der Waals surface area contributed by atoms with Crippen LogP contribution in [-0.2, 0) is 6.42 Å². The molecule has 0 amide bonds. The van der Waals surface area contributed by atoms with Crippen molar-refractivity contribution in [1.29, 1.82) is 0 Å². The molecule has 1 heterocycles. The van der Waals surface area contributed by atoms with Crippen LogP contribution in [0.5, 0.6) is 0 Å². The Kier molecular flexibility index (Phi) is 3.92. The molecule has 0 aliphatic heterocycles. The van der Waals surface area contributed by atoms with Crippen LogP contribution in [0.4, 0.5) is 0 Å². The molecule has 2 nitrogen and oxygen atoms in total. The molecular weight excluding hydrogens is 270 g/mol. The molecule has 2 aromatic carbocycles. The predicted octanol–water partition coefficient (Wildman–Crippen LogP) is 4.52. The lowest BCUT2D eigenvalue weighted by Crippen LogP contribution is -2.07. The summed E-state index contributed by atoms with van der Waals surface area (Å²) in [6.07, 6.45) is 4.41. The standard InChI is InChI=1S/C20H19NO/c1-15-9-10-18(13-16(15)2)20(22)14-17-7-3-4-8-19(17)21-11-5-6-12-21/h3-13H,14H2,1-2H3. The second-order valence-electron chi connectivity index (χ2n) is 5.62. The fourth-order valence-electron chi connectivity index (χ4n) is 2.60. The van der Waals surface area contributed by atoms with Gasteiger partial charge in [0.1, 0.15) is 0 Å². The van der Waals surface area contributed by atoms with Gasteiger partial charge < -0.3 is 4.57 Å². The summed E-state index contributed by atoms with van der Waals surface area (Å²) in [7, 11) is 0. The summed E-state index contributed by atoms with van der Waals surface area (Å²) in [5, 5.41) is 0. The Morgan fingerprint density at radius 1 is 0.909 bits per heavy atom. The van der Waals surface area contributed by atoms with Gasteiger partial charge in [0.05, 0.1) is 0 Å². The van der Waals surface area contributed by atoms with Crippen LogP contribution < -0.4 is 0 Å². The summed E-state index contributed by atoms with van der Waals surface area (Å²) in [4.78, 5) is 12.6. The van der Waals surface area contributed by atoms with E-state index in [0.29, 0.717) is 6.42 Å².